The molecule has 148 valence electrons. The third-order valence-corrected chi connectivity index (χ3v) is 4.61. The molecule has 0 aliphatic rings. The average Bonchev–Trinajstić information content (AvgIpc) is 2.37. The second-order valence-electron chi connectivity index (χ2n) is 6.39. The van der Waals surface area contributed by atoms with Gasteiger partial charge in [0.05, 0.1) is 0 Å². The second kappa shape index (κ2) is 8.70. The predicted molar refractivity (Wildman–Crippen MR) is 82.7 cm³/mol. The Balaban J connectivity index is 4.64. The first-order valence-corrected chi connectivity index (χ1v) is 9.14. The van der Waals surface area contributed by atoms with Crippen LogP contribution in [-0.4, -0.2) is 61.9 Å². The molecule has 8 nitrogen and oxygen atoms in total. The summed E-state index contributed by atoms with van der Waals surface area (Å²) in [7, 11) is -3.55. The van der Waals surface area contributed by atoms with Crippen LogP contribution >= 0.6 is 0 Å². The van der Waals surface area contributed by atoms with Gasteiger partial charge in [0.15, 0.2) is 6.10 Å². The van der Waals surface area contributed by atoms with Gasteiger partial charge in [-0.25, -0.2) is 13.8 Å². The Bertz CT molecular complexity index is 571. The zero-order chi connectivity index (χ0) is 20.1. The molecule has 3 atom stereocenters. The summed E-state index contributed by atoms with van der Waals surface area (Å²) < 4.78 is 60.8. The van der Waals surface area contributed by atoms with E-state index >= 15 is 0 Å². The summed E-state index contributed by atoms with van der Waals surface area (Å²) in [6.45, 7) is 4.68. The van der Waals surface area contributed by atoms with Crippen LogP contribution in [0.3, 0.4) is 0 Å². The zero-order valence-electron chi connectivity index (χ0n) is 14.1. The van der Waals surface area contributed by atoms with Gasteiger partial charge in [-0.05, 0) is 33.6 Å². The van der Waals surface area contributed by atoms with Gasteiger partial charge in [-0.15, -0.1) is 0 Å². The Hall–Kier alpha value is -1.56. The first-order chi connectivity index (χ1) is 11.0. The standard InChI is InChI=1S/C13H23F3N2O6S/c1-12(2,3)24-11(22)18-8(10(20)21)4-6-25(17,23)7-5-9(19)13(14,15)16/h8-9,17,19H,4-7H2,1-3H3,(H,18,22)(H,20,21)/t8-,9+,25?/m0/s1. The van der Waals surface area contributed by atoms with Crippen molar-refractivity contribution < 1.29 is 41.9 Å². The molecule has 0 heterocycles. The van der Waals surface area contributed by atoms with E-state index < -0.39 is 70.1 Å². The maximum Gasteiger partial charge on any atom is 0.414 e. The van der Waals surface area contributed by atoms with Gasteiger partial charge in [-0.3, -0.25) is 4.78 Å². The SMILES string of the molecule is CC(C)(C)OC(=O)N[C@@H](CCS(=N)(=O)CC[C@@H](O)C(F)(F)F)C(=O)O. The largest absolute Gasteiger partial charge is 0.480 e. The zero-order valence-corrected chi connectivity index (χ0v) is 14.9. The van der Waals surface area contributed by atoms with E-state index in [9.17, 15) is 27.0 Å². The predicted octanol–water partition coefficient (Wildman–Crippen LogP) is 1.71. The van der Waals surface area contributed by atoms with Crippen molar-refractivity contribution in [3.63, 3.8) is 0 Å². The molecule has 25 heavy (non-hydrogen) atoms. The van der Waals surface area contributed by atoms with Crippen LogP contribution in [0.2, 0.25) is 0 Å². The van der Waals surface area contributed by atoms with Crippen molar-refractivity contribution in [2.45, 2.75) is 57.5 Å². The molecule has 0 spiro atoms. The van der Waals surface area contributed by atoms with E-state index in [0.29, 0.717) is 0 Å². The number of hydrogen-bond acceptors (Lipinski definition) is 6. The lowest BCUT2D eigenvalue weighted by molar-refractivity contribution is -0.203. The molecule has 0 aromatic heterocycles. The normalized spacial score (nSPS) is 17.2. The van der Waals surface area contributed by atoms with Crippen LogP contribution in [0.25, 0.3) is 0 Å². The molecular formula is C13H23F3N2O6S. The molecule has 0 radical (unpaired) electrons. The molecule has 0 saturated carbocycles. The summed E-state index contributed by atoms with van der Waals surface area (Å²) in [5.41, 5.74) is -0.871. The smallest absolute Gasteiger partial charge is 0.414 e. The van der Waals surface area contributed by atoms with E-state index in [4.69, 9.17) is 19.7 Å². The second-order valence-corrected chi connectivity index (χ2v) is 8.83. The van der Waals surface area contributed by atoms with E-state index in [0.717, 1.165) is 0 Å². The Morgan fingerprint density at radius 3 is 2.08 bits per heavy atom. The molecule has 0 fully saturated rings. The topological polar surface area (TPSA) is 137 Å². The number of aliphatic carboxylic acids is 1. The van der Waals surface area contributed by atoms with Crippen molar-refractivity contribution in [3.05, 3.63) is 0 Å². The molecule has 1 unspecified atom stereocenters. The number of hydrogen-bond donors (Lipinski definition) is 4. The lowest BCUT2D eigenvalue weighted by Gasteiger charge is -2.22. The lowest BCUT2D eigenvalue weighted by Crippen LogP contribution is -2.44. The van der Waals surface area contributed by atoms with Gasteiger partial charge in [0.1, 0.15) is 11.6 Å². The monoisotopic (exact) mass is 392 g/mol. The Morgan fingerprint density at radius 2 is 1.68 bits per heavy atom. The van der Waals surface area contributed by atoms with Gasteiger partial charge in [-0.2, -0.15) is 13.2 Å². The first kappa shape index (κ1) is 23.4. The number of amides is 1. The van der Waals surface area contributed by atoms with Crippen LogP contribution in [-0.2, 0) is 19.3 Å². The number of aliphatic hydroxyl groups is 1. The highest BCUT2D eigenvalue weighted by Gasteiger charge is 2.38. The van der Waals surface area contributed by atoms with Crippen molar-refractivity contribution in [2.75, 3.05) is 11.5 Å². The average molecular weight is 392 g/mol. The van der Waals surface area contributed by atoms with Crippen LogP contribution in [0.5, 0.6) is 0 Å². The van der Waals surface area contributed by atoms with Gasteiger partial charge >= 0.3 is 18.2 Å². The molecule has 0 aromatic carbocycles. The Kier molecular flexibility index (Phi) is 8.15. The maximum absolute atomic E-state index is 12.2. The minimum absolute atomic E-state index is 0.432. The quantitative estimate of drug-likeness (QED) is 0.496. The minimum Gasteiger partial charge on any atom is -0.480 e. The number of carbonyl (C=O) groups is 2. The highest BCUT2D eigenvalue weighted by molar-refractivity contribution is 7.92. The van der Waals surface area contributed by atoms with Gasteiger partial charge < -0.3 is 20.3 Å². The first-order valence-electron chi connectivity index (χ1n) is 7.25. The fourth-order valence-corrected chi connectivity index (χ4v) is 3.01. The molecular weight excluding hydrogens is 369 g/mol. The summed E-state index contributed by atoms with van der Waals surface area (Å²) in [5, 5.41) is 19.9. The minimum atomic E-state index is -4.88. The van der Waals surface area contributed by atoms with E-state index in [1.54, 1.807) is 20.8 Å². The van der Waals surface area contributed by atoms with E-state index in [1.165, 1.54) is 0 Å². The van der Waals surface area contributed by atoms with E-state index in [-0.39, 0.29) is 0 Å². The van der Waals surface area contributed by atoms with Crippen LogP contribution in [0, 0.1) is 4.78 Å². The third kappa shape index (κ3) is 10.8. The number of alkyl halides is 3. The fourth-order valence-electron chi connectivity index (χ4n) is 1.58. The maximum atomic E-state index is 12.2. The van der Waals surface area contributed by atoms with Gasteiger partial charge in [0.25, 0.3) is 0 Å². The van der Waals surface area contributed by atoms with Gasteiger partial charge in [-0.1, -0.05) is 0 Å². The molecule has 1 amide bonds. The molecule has 0 aromatic rings. The van der Waals surface area contributed by atoms with Gasteiger partial charge in [0.2, 0.25) is 0 Å². The number of carboxylic acid groups (broad SMARTS) is 1. The molecule has 0 aliphatic heterocycles. The summed E-state index contributed by atoms with van der Waals surface area (Å²) in [6, 6.07) is -1.51. The summed E-state index contributed by atoms with van der Waals surface area (Å²) >= 11 is 0. The molecule has 12 heteroatoms. The molecule has 0 bridgehead atoms. The number of carboxylic acids is 1. The fraction of sp³-hybridized carbons (Fsp3) is 0.846. The van der Waals surface area contributed by atoms with E-state index in [1.807, 2.05) is 5.32 Å². The van der Waals surface area contributed by atoms with Crippen molar-refractivity contribution >= 4 is 21.8 Å². The number of carbonyl (C=O) groups excluding carboxylic acids is 1. The Labute approximate surface area is 143 Å². The van der Waals surface area contributed by atoms with E-state index in [2.05, 4.69) is 0 Å². The van der Waals surface area contributed by atoms with Crippen LogP contribution in [0.1, 0.15) is 33.6 Å². The Morgan fingerprint density at radius 1 is 1.20 bits per heavy atom. The summed E-state index contributed by atoms with van der Waals surface area (Å²) in [5.74, 6) is -2.76. The van der Waals surface area contributed by atoms with Crippen molar-refractivity contribution in [1.29, 1.82) is 4.78 Å². The molecule has 0 aliphatic carbocycles. The third-order valence-electron chi connectivity index (χ3n) is 2.82. The number of nitrogens with one attached hydrogen (secondary N) is 2. The van der Waals surface area contributed by atoms with Crippen molar-refractivity contribution in [1.82, 2.24) is 5.32 Å². The number of halogens is 3. The summed E-state index contributed by atoms with van der Waals surface area (Å²) in [4.78, 5) is 22.7. The van der Waals surface area contributed by atoms with Gasteiger partial charge in [0, 0.05) is 21.2 Å². The lowest BCUT2D eigenvalue weighted by atomic mass is 10.2. The molecule has 4 N–H and O–H groups in total. The highest BCUT2D eigenvalue weighted by atomic mass is 32.2. The van der Waals surface area contributed by atoms with Crippen LogP contribution in [0.15, 0.2) is 0 Å². The number of aliphatic hydroxyl groups excluding tert-OH is 1. The van der Waals surface area contributed by atoms with Crippen LogP contribution in [0.4, 0.5) is 18.0 Å². The summed E-state index contributed by atoms with van der Waals surface area (Å²) in [6.07, 6.45) is -9.96. The number of rotatable bonds is 8. The molecule has 0 rings (SSSR count). The number of ether oxygens (including phenoxy) is 1. The van der Waals surface area contributed by atoms with Crippen molar-refractivity contribution in [2.24, 2.45) is 0 Å². The number of alkyl carbamates (subject to hydrolysis) is 1. The van der Waals surface area contributed by atoms with Crippen molar-refractivity contribution in [3.8, 4) is 0 Å². The van der Waals surface area contributed by atoms with Crippen LogP contribution < -0.4 is 5.32 Å². The highest BCUT2D eigenvalue weighted by Crippen LogP contribution is 2.22. The molecule has 0 saturated heterocycles.